The zero-order valence-corrected chi connectivity index (χ0v) is 29.9. The molecule has 8 aromatic rings. The quantitative estimate of drug-likeness (QED) is 0.144. The predicted octanol–water partition coefficient (Wildman–Crippen LogP) is 8.20. The van der Waals surface area contributed by atoms with Gasteiger partial charge in [0.2, 0.25) is 0 Å². The first-order valence-corrected chi connectivity index (χ1v) is 17.3. The number of hydrogen-bond donors (Lipinski definition) is 2. The summed E-state index contributed by atoms with van der Waals surface area (Å²) in [5.74, 6) is 1.15. The molecule has 0 saturated heterocycles. The van der Waals surface area contributed by atoms with Crippen LogP contribution >= 0.6 is 0 Å². The lowest BCUT2D eigenvalue weighted by atomic mass is 10.0. The van der Waals surface area contributed by atoms with Gasteiger partial charge in [-0.05, 0) is 71.4 Å². The second-order valence-electron chi connectivity index (χ2n) is 12.6. The molecule has 12 nitrogen and oxygen atoms in total. The molecular formula is C44H30N6O6. The van der Waals surface area contributed by atoms with Crippen molar-refractivity contribution in [3.8, 4) is 79.8 Å². The van der Waals surface area contributed by atoms with Gasteiger partial charge in [-0.3, -0.25) is 0 Å². The summed E-state index contributed by atoms with van der Waals surface area (Å²) in [5, 5.41) is 23.2. The van der Waals surface area contributed by atoms with Crippen molar-refractivity contribution in [3.63, 3.8) is 0 Å². The molecule has 2 aromatic heterocycles. The van der Waals surface area contributed by atoms with Crippen LogP contribution in [0.3, 0.4) is 0 Å². The molecule has 0 unspecified atom stereocenters. The maximum Gasteiger partial charge on any atom is 0.337 e. The molecule has 0 saturated carbocycles. The van der Waals surface area contributed by atoms with E-state index in [1.807, 2.05) is 36.4 Å². The molecule has 0 bridgehead atoms. The number of ether oxygens (including phenoxy) is 2. The number of benzene rings is 6. The lowest BCUT2D eigenvalue weighted by molar-refractivity contribution is 0.0592. The fourth-order valence-electron chi connectivity index (χ4n) is 6.11. The van der Waals surface area contributed by atoms with Crippen LogP contribution in [0.5, 0.6) is 11.5 Å². The Labute approximate surface area is 319 Å². The molecule has 0 spiro atoms. The van der Waals surface area contributed by atoms with Crippen LogP contribution in [-0.4, -0.2) is 66.3 Å². The first-order valence-electron chi connectivity index (χ1n) is 17.3. The number of phenols is 2. The van der Waals surface area contributed by atoms with Crippen LogP contribution in [0, 0.1) is 0 Å². The number of esters is 2. The van der Waals surface area contributed by atoms with Crippen molar-refractivity contribution in [1.82, 2.24) is 29.9 Å². The number of fused-ring (bicyclic) bond motifs is 1. The van der Waals surface area contributed by atoms with Crippen LogP contribution in [0.1, 0.15) is 20.7 Å². The smallest absolute Gasteiger partial charge is 0.337 e. The largest absolute Gasteiger partial charge is 0.507 e. The van der Waals surface area contributed by atoms with Gasteiger partial charge >= 0.3 is 11.9 Å². The number of methoxy groups -OCH3 is 2. The molecule has 56 heavy (non-hydrogen) atoms. The number of rotatable bonds is 8. The number of nitrogens with zero attached hydrogens (tertiary/aromatic N) is 6. The van der Waals surface area contributed by atoms with E-state index in [-0.39, 0.29) is 23.1 Å². The van der Waals surface area contributed by atoms with Gasteiger partial charge in [0.25, 0.3) is 0 Å². The Morgan fingerprint density at radius 3 is 1.09 bits per heavy atom. The molecule has 2 heterocycles. The summed E-state index contributed by atoms with van der Waals surface area (Å²) in [6.45, 7) is 0. The van der Waals surface area contributed by atoms with Gasteiger partial charge in [-0.2, -0.15) is 0 Å². The van der Waals surface area contributed by atoms with Gasteiger partial charge in [0.1, 0.15) is 11.5 Å². The second kappa shape index (κ2) is 14.9. The highest BCUT2D eigenvalue weighted by atomic mass is 16.5. The molecule has 12 heteroatoms. The van der Waals surface area contributed by atoms with Gasteiger partial charge in [-0.15, -0.1) is 0 Å². The Hall–Kier alpha value is -7.86. The van der Waals surface area contributed by atoms with E-state index < -0.39 is 11.9 Å². The molecular weight excluding hydrogens is 709 g/mol. The highest BCUT2D eigenvalue weighted by Gasteiger charge is 2.18. The van der Waals surface area contributed by atoms with E-state index in [9.17, 15) is 19.8 Å². The van der Waals surface area contributed by atoms with Gasteiger partial charge in [0.05, 0.1) is 36.5 Å². The van der Waals surface area contributed by atoms with Crippen LogP contribution < -0.4 is 0 Å². The Morgan fingerprint density at radius 1 is 0.411 bits per heavy atom. The van der Waals surface area contributed by atoms with Gasteiger partial charge in [-0.25, -0.2) is 39.5 Å². The molecule has 0 fully saturated rings. The summed E-state index contributed by atoms with van der Waals surface area (Å²) in [6.07, 6.45) is 0. The number of phenolic OH excluding ortho intramolecular Hbond substituents is 2. The predicted molar refractivity (Wildman–Crippen MR) is 209 cm³/mol. The molecule has 0 radical (unpaired) electrons. The third-order valence-electron chi connectivity index (χ3n) is 9.05. The lowest BCUT2D eigenvalue weighted by Gasteiger charge is -2.11. The number of aromatic nitrogens is 6. The molecule has 0 atom stereocenters. The molecule has 0 aliphatic heterocycles. The molecule has 6 aromatic carbocycles. The first kappa shape index (κ1) is 35.2. The lowest BCUT2D eigenvalue weighted by Crippen LogP contribution is -2.02. The Balaban J connectivity index is 1.20. The van der Waals surface area contributed by atoms with E-state index >= 15 is 0 Å². The summed E-state index contributed by atoms with van der Waals surface area (Å²) in [6, 6.07) is 38.7. The van der Waals surface area contributed by atoms with Gasteiger partial charge in [0.15, 0.2) is 34.9 Å². The molecule has 0 aliphatic carbocycles. The third kappa shape index (κ3) is 6.97. The summed E-state index contributed by atoms with van der Waals surface area (Å²) in [7, 11) is 2.65. The van der Waals surface area contributed by atoms with Crippen LogP contribution in [0.15, 0.2) is 133 Å². The topological polar surface area (TPSA) is 170 Å². The summed E-state index contributed by atoms with van der Waals surface area (Å²) in [4.78, 5) is 52.6. The summed E-state index contributed by atoms with van der Waals surface area (Å²) < 4.78 is 9.68. The number of para-hydroxylation sites is 2. The van der Waals surface area contributed by atoms with E-state index in [0.29, 0.717) is 67.8 Å². The fraction of sp³-hybridized carbons (Fsp3) is 0.0455. The first-order chi connectivity index (χ1) is 27.3. The van der Waals surface area contributed by atoms with Gasteiger partial charge in [-0.1, -0.05) is 72.8 Å². The maximum atomic E-state index is 12.1. The minimum Gasteiger partial charge on any atom is -0.507 e. The number of hydrogen-bond acceptors (Lipinski definition) is 12. The van der Waals surface area contributed by atoms with E-state index in [4.69, 9.17) is 29.4 Å². The standard InChI is InChI=1S/C44H30N6O6/c1-55-43(53)27-15-11-25(12-16-27)37-45-39(49-41(47-37)33-7-3-5-9-35(33)51)31-21-19-30-24-32(22-20-29(30)23-31)40-46-38(26-13-17-28(18-14-26)44(54)56-2)48-42(50-40)34-8-4-6-10-36(34)52/h3-24,51-52H,1-2H3. The average molecular weight is 739 g/mol. The van der Waals surface area contributed by atoms with Crippen LogP contribution in [0.25, 0.3) is 79.1 Å². The number of carbonyl (C=O) groups excluding carboxylic acids is 2. The Morgan fingerprint density at radius 2 is 0.732 bits per heavy atom. The zero-order valence-electron chi connectivity index (χ0n) is 29.9. The molecule has 0 aliphatic rings. The van der Waals surface area contributed by atoms with Crippen LogP contribution in [0.2, 0.25) is 0 Å². The Kier molecular flexibility index (Phi) is 9.35. The van der Waals surface area contributed by atoms with E-state index in [1.54, 1.807) is 97.1 Å². The average Bonchev–Trinajstić information content (AvgIpc) is 3.25. The number of carbonyl (C=O) groups is 2. The van der Waals surface area contributed by atoms with Crippen molar-refractivity contribution in [2.45, 2.75) is 0 Å². The SMILES string of the molecule is COC(=O)c1ccc(-c2nc(-c3ccc4cc(-c5nc(-c6ccc(C(=O)OC)cc6)nc(-c6ccccc6O)n5)ccc4c3)nc(-c3ccccc3O)n2)cc1. The normalized spacial score (nSPS) is 11.0. The van der Waals surface area contributed by atoms with Crippen molar-refractivity contribution in [2.24, 2.45) is 0 Å². The molecule has 0 amide bonds. The second-order valence-corrected chi connectivity index (χ2v) is 12.6. The van der Waals surface area contributed by atoms with Crippen molar-refractivity contribution in [2.75, 3.05) is 14.2 Å². The highest BCUT2D eigenvalue weighted by molar-refractivity contribution is 5.92. The van der Waals surface area contributed by atoms with Crippen LogP contribution in [-0.2, 0) is 9.47 Å². The van der Waals surface area contributed by atoms with Gasteiger partial charge < -0.3 is 19.7 Å². The molecule has 272 valence electrons. The Bertz CT molecular complexity index is 2600. The van der Waals surface area contributed by atoms with Crippen molar-refractivity contribution < 1.29 is 29.3 Å². The van der Waals surface area contributed by atoms with Crippen molar-refractivity contribution in [3.05, 3.63) is 145 Å². The summed E-state index contributed by atoms with van der Waals surface area (Å²) in [5.41, 5.74) is 4.34. The summed E-state index contributed by atoms with van der Waals surface area (Å²) >= 11 is 0. The highest BCUT2D eigenvalue weighted by Crippen LogP contribution is 2.33. The molecule has 8 rings (SSSR count). The van der Waals surface area contributed by atoms with Gasteiger partial charge in [0, 0.05) is 22.3 Å². The monoisotopic (exact) mass is 738 g/mol. The minimum absolute atomic E-state index is 0.0213. The van der Waals surface area contributed by atoms with Crippen molar-refractivity contribution in [1.29, 1.82) is 0 Å². The third-order valence-corrected chi connectivity index (χ3v) is 9.05. The van der Waals surface area contributed by atoms with E-state index in [0.717, 1.165) is 10.8 Å². The zero-order chi connectivity index (χ0) is 38.8. The fourth-order valence-corrected chi connectivity index (χ4v) is 6.11. The van der Waals surface area contributed by atoms with E-state index in [2.05, 4.69) is 9.97 Å². The van der Waals surface area contributed by atoms with Crippen LogP contribution in [0.4, 0.5) is 0 Å². The van der Waals surface area contributed by atoms with Crippen molar-refractivity contribution >= 4 is 22.7 Å². The minimum atomic E-state index is -0.458. The number of aromatic hydroxyl groups is 2. The maximum absolute atomic E-state index is 12.1. The van der Waals surface area contributed by atoms with E-state index in [1.165, 1.54) is 14.2 Å². The molecule has 2 N–H and O–H groups in total.